The molecule has 1 aromatic rings. The molecule has 0 heterocycles. The van der Waals surface area contributed by atoms with Crippen LogP contribution in [0.4, 0.5) is 4.39 Å². The third-order valence-electron chi connectivity index (χ3n) is 2.16. The van der Waals surface area contributed by atoms with Crippen LogP contribution < -0.4 is 9.47 Å². The first kappa shape index (κ1) is 14.0. The van der Waals surface area contributed by atoms with E-state index in [1.54, 1.807) is 18.2 Å². The summed E-state index contributed by atoms with van der Waals surface area (Å²) in [5.41, 5.74) is 0.608. The summed E-state index contributed by atoms with van der Waals surface area (Å²) in [6.45, 7) is -0.220. The fraction of sp³-hybridized carbons (Fsp3) is 0.308. The van der Waals surface area contributed by atoms with Gasteiger partial charge < -0.3 is 14.6 Å². The molecule has 5 heteroatoms. The number of halogens is 1. The normalized spacial score (nSPS) is 10.6. The number of ether oxygens (including phenoxy) is 2. The predicted octanol–water partition coefficient (Wildman–Crippen LogP) is 2.53. The van der Waals surface area contributed by atoms with E-state index < -0.39 is 12.6 Å². The minimum absolute atomic E-state index is 0.234. The zero-order valence-corrected chi connectivity index (χ0v) is 10.1. The molecule has 4 nitrogen and oxygen atoms in total. The largest absolute Gasteiger partial charge is 0.497 e. The Morgan fingerprint density at radius 1 is 1.50 bits per heavy atom. The predicted molar refractivity (Wildman–Crippen MR) is 65.8 cm³/mol. The van der Waals surface area contributed by atoms with Gasteiger partial charge in [0.25, 0.3) is 0 Å². The first-order chi connectivity index (χ1) is 8.67. The first-order valence-corrected chi connectivity index (χ1v) is 5.45. The summed E-state index contributed by atoms with van der Waals surface area (Å²) >= 11 is 0. The summed E-state index contributed by atoms with van der Waals surface area (Å²) in [5.74, 6) is 0.0264. The van der Waals surface area contributed by atoms with Crippen LogP contribution in [0.2, 0.25) is 0 Å². The molecule has 0 radical (unpaired) electrons. The highest BCUT2D eigenvalue weighted by molar-refractivity contribution is 5.86. The highest BCUT2D eigenvalue weighted by Gasteiger charge is 2.04. The molecule has 0 fully saturated rings. The van der Waals surface area contributed by atoms with Crippen molar-refractivity contribution in [3.63, 3.8) is 0 Å². The van der Waals surface area contributed by atoms with Gasteiger partial charge in [0.15, 0.2) is 0 Å². The smallest absolute Gasteiger partial charge is 0.328 e. The lowest BCUT2D eigenvalue weighted by Crippen LogP contribution is -2.00. The van der Waals surface area contributed by atoms with E-state index >= 15 is 0 Å². The lowest BCUT2D eigenvalue weighted by atomic mass is 10.1. The topological polar surface area (TPSA) is 55.8 Å². The van der Waals surface area contributed by atoms with Crippen LogP contribution in [0.3, 0.4) is 0 Å². The van der Waals surface area contributed by atoms with Gasteiger partial charge in [-0.1, -0.05) is 0 Å². The molecular formula is C13H15FO4. The Hall–Kier alpha value is -2.04. The molecule has 0 aliphatic heterocycles. The van der Waals surface area contributed by atoms with E-state index in [2.05, 4.69) is 0 Å². The Labute approximate surface area is 105 Å². The maximum Gasteiger partial charge on any atom is 0.328 e. The van der Waals surface area contributed by atoms with Crippen LogP contribution in [0.15, 0.2) is 24.3 Å². The maximum absolute atomic E-state index is 12.0. The van der Waals surface area contributed by atoms with Crippen molar-refractivity contribution in [1.82, 2.24) is 0 Å². The average molecular weight is 254 g/mol. The highest BCUT2D eigenvalue weighted by atomic mass is 19.1. The third kappa shape index (κ3) is 4.45. The van der Waals surface area contributed by atoms with Crippen molar-refractivity contribution >= 4 is 12.0 Å². The highest BCUT2D eigenvalue weighted by Crippen LogP contribution is 2.26. The second-order valence-electron chi connectivity index (χ2n) is 3.47. The van der Waals surface area contributed by atoms with E-state index in [9.17, 15) is 9.18 Å². The van der Waals surface area contributed by atoms with Gasteiger partial charge >= 0.3 is 5.97 Å². The number of carboxylic acid groups (broad SMARTS) is 1. The Morgan fingerprint density at radius 3 is 2.89 bits per heavy atom. The van der Waals surface area contributed by atoms with Gasteiger partial charge in [0.05, 0.1) is 20.4 Å². The Bertz CT molecular complexity index is 429. The van der Waals surface area contributed by atoms with Crippen LogP contribution in [0, 0.1) is 0 Å². The third-order valence-corrected chi connectivity index (χ3v) is 2.16. The Kier molecular flexibility index (Phi) is 5.70. The van der Waals surface area contributed by atoms with Crippen molar-refractivity contribution in [2.24, 2.45) is 0 Å². The van der Waals surface area contributed by atoms with Crippen LogP contribution in [0.5, 0.6) is 11.5 Å². The number of benzene rings is 1. The number of carbonyl (C=O) groups is 1. The number of rotatable bonds is 7. The molecule has 0 amide bonds. The first-order valence-electron chi connectivity index (χ1n) is 5.45. The van der Waals surface area contributed by atoms with E-state index in [4.69, 9.17) is 14.6 Å². The van der Waals surface area contributed by atoms with Crippen molar-refractivity contribution in [2.45, 2.75) is 6.42 Å². The summed E-state index contributed by atoms with van der Waals surface area (Å²) in [6, 6.07) is 5.02. The number of hydrogen-bond donors (Lipinski definition) is 1. The monoisotopic (exact) mass is 254 g/mol. The van der Waals surface area contributed by atoms with Crippen molar-refractivity contribution in [1.29, 1.82) is 0 Å². The molecule has 0 aliphatic carbocycles. The van der Waals surface area contributed by atoms with Gasteiger partial charge in [-0.25, -0.2) is 4.79 Å². The van der Waals surface area contributed by atoms with Crippen LogP contribution in [-0.4, -0.2) is 31.5 Å². The van der Waals surface area contributed by atoms with Crippen molar-refractivity contribution in [3.8, 4) is 11.5 Å². The molecule has 1 rings (SSSR count). The molecule has 0 unspecified atom stereocenters. The quantitative estimate of drug-likeness (QED) is 0.600. The van der Waals surface area contributed by atoms with Gasteiger partial charge in [0, 0.05) is 24.1 Å². The van der Waals surface area contributed by atoms with E-state index in [1.165, 1.54) is 13.2 Å². The zero-order valence-electron chi connectivity index (χ0n) is 10.1. The number of aliphatic carboxylic acids is 1. The molecule has 98 valence electrons. The molecule has 18 heavy (non-hydrogen) atoms. The summed E-state index contributed by atoms with van der Waals surface area (Å²) < 4.78 is 22.4. The van der Waals surface area contributed by atoms with Gasteiger partial charge in [-0.2, -0.15) is 0 Å². The van der Waals surface area contributed by atoms with Gasteiger partial charge in [-0.3, -0.25) is 4.39 Å². The Balaban J connectivity index is 2.89. The van der Waals surface area contributed by atoms with E-state index in [0.29, 0.717) is 23.5 Å². The number of alkyl halides is 1. The van der Waals surface area contributed by atoms with Crippen molar-refractivity contribution < 1.29 is 23.8 Å². The van der Waals surface area contributed by atoms with Gasteiger partial charge in [-0.15, -0.1) is 0 Å². The Morgan fingerprint density at radius 2 is 2.28 bits per heavy atom. The summed E-state index contributed by atoms with van der Waals surface area (Å²) in [5, 5.41) is 8.58. The van der Waals surface area contributed by atoms with Crippen LogP contribution in [-0.2, 0) is 4.79 Å². The molecule has 0 spiro atoms. The average Bonchev–Trinajstić information content (AvgIpc) is 2.37. The van der Waals surface area contributed by atoms with Crippen molar-refractivity contribution in [2.75, 3.05) is 20.4 Å². The second kappa shape index (κ2) is 7.32. The summed E-state index contributed by atoms with van der Waals surface area (Å²) in [4.78, 5) is 10.5. The van der Waals surface area contributed by atoms with Crippen LogP contribution in [0.25, 0.3) is 6.08 Å². The zero-order chi connectivity index (χ0) is 13.4. The minimum atomic E-state index is -1.04. The molecule has 1 aromatic carbocycles. The van der Waals surface area contributed by atoms with Crippen molar-refractivity contribution in [3.05, 3.63) is 29.8 Å². The molecule has 0 aliphatic rings. The lowest BCUT2D eigenvalue weighted by Gasteiger charge is -2.10. The fourth-order valence-electron chi connectivity index (χ4n) is 1.30. The fourth-order valence-corrected chi connectivity index (χ4v) is 1.30. The van der Waals surface area contributed by atoms with Gasteiger partial charge in [0.1, 0.15) is 11.5 Å². The minimum Gasteiger partial charge on any atom is -0.497 e. The number of carboxylic acids is 1. The van der Waals surface area contributed by atoms with Gasteiger partial charge in [0.2, 0.25) is 0 Å². The molecule has 0 bridgehead atoms. The molecular weight excluding hydrogens is 239 g/mol. The van der Waals surface area contributed by atoms with E-state index in [0.717, 1.165) is 6.08 Å². The SMILES string of the molecule is COc1ccc(/C=C/C(=O)O)c(OCCCF)c1. The second-order valence-corrected chi connectivity index (χ2v) is 3.47. The van der Waals surface area contributed by atoms with Crippen LogP contribution >= 0.6 is 0 Å². The maximum atomic E-state index is 12.0. The van der Waals surface area contributed by atoms with Crippen LogP contribution in [0.1, 0.15) is 12.0 Å². The summed E-state index contributed by atoms with van der Waals surface area (Å²) in [6.07, 6.45) is 2.73. The molecule has 0 saturated heterocycles. The van der Waals surface area contributed by atoms with E-state index in [1.807, 2.05) is 0 Å². The number of hydrogen-bond acceptors (Lipinski definition) is 3. The van der Waals surface area contributed by atoms with Gasteiger partial charge in [-0.05, 0) is 18.2 Å². The molecule has 1 N–H and O–H groups in total. The number of methoxy groups -OCH3 is 1. The molecule has 0 atom stereocenters. The molecule has 0 aromatic heterocycles. The molecule has 0 saturated carbocycles. The lowest BCUT2D eigenvalue weighted by molar-refractivity contribution is -0.131. The van der Waals surface area contributed by atoms with E-state index in [-0.39, 0.29) is 6.61 Å². The summed E-state index contributed by atoms with van der Waals surface area (Å²) in [7, 11) is 1.52. The standard InChI is InChI=1S/C13H15FO4/c1-17-11-5-3-10(4-6-13(15)16)12(9-11)18-8-2-7-14/h3-6,9H,2,7-8H2,1H3,(H,15,16)/b6-4+.